The Hall–Kier alpha value is -2.29. The highest BCUT2D eigenvalue weighted by molar-refractivity contribution is 7.84. The SMILES string of the molecule is O=C(O)[C@@H]1O[C@@H](O[C@@H]([C@H](O)[C@H](CO)NS(=O)(=O)O)[C@H](O)CO)[C@H](O)[C@@H](O)[C@@H]1O[C@H]1O[C@H](CO)[C@@H](O[C@@H]2O[C@@H](C(=O)O)[C@@H](O[C@H]3O[C@H](CO)[C@@H](O)[C@H](O)[C@H]3NS(=O)(=O)O)[C@H](O)[C@H]2O)[C@H](O)[C@H]1NS(=O)(=O)O. The highest BCUT2D eigenvalue weighted by Crippen LogP contribution is 2.35. The van der Waals surface area contributed by atoms with Crippen LogP contribution in [0.5, 0.6) is 0 Å². The van der Waals surface area contributed by atoms with E-state index < -0.39 is 216 Å². The first-order valence-electron chi connectivity index (χ1n) is 19.8. The van der Waals surface area contributed by atoms with Crippen molar-refractivity contribution in [1.29, 1.82) is 0 Å². The van der Waals surface area contributed by atoms with Crippen LogP contribution in [-0.4, -0.2) is 301 Å². The van der Waals surface area contributed by atoms with Gasteiger partial charge < -0.3 is 114 Å². The lowest BCUT2D eigenvalue weighted by Gasteiger charge is -2.49. The predicted molar refractivity (Wildman–Crippen MR) is 207 cm³/mol. The minimum atomic E-state index is -5.56. The first-order chi connectivity index (χ1) is 32.3. The molecule has 0 unspecified atom stereocenters. The Morgan fingerprint density at radius 2 is 0.943 bits per heavy atom. The van der Waals surface area contributed by atoms with Gasteiger partial charge in [0.15, 0.2) is 37.4 Å². The average Bonchev–Trinajstić information content (AvgIpc) is 3.26. The van der Waals surface area contributed by atoms with Gasteiger partial charge in [0, 0.05) is 0 Å². The van der Waals surface area contributed by atoms with E-state index in [1.807, 2.05) is 0 Å². The highest BCUT2D eigenvalue weighted by atomic mass is 32.2. The molecule has 410 valence electrons. The van der Waals surface area contributed by atoms with Crippen molar-refractivity contribution in [3.63, 3.8) is 0 Å². The minimum absolute atomic E-state index is 1.09. The van der Waals surface area contributed by atoms with Crippen LogP contribution < -0.4 is 14.2 Å². The van der Waals surface area contributed by atoms with Crippen LogP contribution in [0.3, 0.4) is 0 Å². The van der Waals surface area contributed by atoms with Crippen molar-refractivity contribution in [1.82, 2.24) is 14.2 Å². The zero-order valence-electron chi connectivity index (χ0n) is 35.0. The van der Waals surface area contributed by atoms with E-state index in [0.717, 1.165) is 0 Å². The molecule has 0 aromatic heterocycles. The molecule has 37 nitrogen and oxygen atoms in total. The van der Waals surface area contributed by atoms with Gasteiger partial charge in [-0.05, 0) is 0 Å². The second kappa shape index (κ2) is 24.4. The summed E-state index contributed by atoms with van der Waals surface area (Å²) in [6.45, 7) is -5.11. The third kappa shape index (κ3) is 14.7. The van der Waals surface area contributed by atoms with Crippen molar-refractivity contribution in [2.45, 2.75) is 147 Å². The number of nitrogens with one attached hydrogen (secondary N) is 3. The quantitative estimate of drug-likeness (QED) is 0.0423. The van der Waals surface area contributed by atoms with E-state index in [1.54, 1.807) is 0 Å². The van der Waals surface area contributed by atoms with Crippen molar-refractivity contribution in [2.75, 3.05) is 26.4 Å². The summed E-state index contributed by atoms with van der Waals surface area (Å²) in [7, 11) is -16.1. The molecule has 0 aliphatic carbocycles. The number of aliphatic hydroxyl groups is 13. The number of carboxylic acids is 2. The van der Waals surface area contributed by atoms with Gasteiger partial charge in [-0.3, -0.25) is 13.7 Å². The second-order valence-electron chi connectivity index (χ2n) is 15.7. The number of aliphatic hydroxyl groups excluding tert-OH is 13. The number of aliphatic carboxylic acids is 2. The molecule has 4 rings (SSSR count). The van der Waals surface area contributed by atoms with Crippen molar-refractivity contribution < 1.29 is 163 Å². The van der Waals surface area contributed by atoms with E-state index in [0.29, 0.717) is 0 Å². The zero-order chi connectivity index (χ0) is 53.1. The number of carboxylic acid groups (broad SMARTS) is 2. The first kappa shape index (κ1) is 60.3. The molecule has 4 saturated heterocycles. The number of rotatable bonds is 23. The predicted octanol–water partition coefficient (Wildman–Crippen LogP) is -13.9. The van der Waals surface area contributed by atoms with Crippen LogP contribution >= 0.6 is 0 Å². The molecule has 0 amide bonds. The first-order valence-corrected chi connectivity index (χ1v) is 24.1. The van der Waals surface area contributed by atoms with Crippen molar-refractivity contribution in [3.8, 4) is 0 Å². The van der Waals surface area contributed by atoms with Crippen molar-refractivity contribution in [3.05, 3.63) is 0 Å². The molecule has 24 atom stereocenters. The fourth-order valence-electron chi connectivity index (χ4n) is 7.50. The van der Waals surface area contributed by atoms with Crippen LogP contribution in [0.4, 0.5) is 0 Å². The Balaban J connectivity index is 1.60. The summed E-state index contributed by atoms with van der Waals surface area (Å²) in [5.41, 5.74) is 0. The summed E-state index contributed by atoms with van der Waals surface area (Å²) in [6.07, 6.45) is -50.7. The number of ether oxygens (including phenoxy) is 8. The fraction of sp³-hybridized carbons (Fsp3) is 0.933. The van der Waals surface area contributed by atoms with Crippen LogP contribution in [0.1, 0.15) is 0 Å². The van der Waals surface area contributed by atoms with Crippen molar-refractivity contribution >= 4 is 42.9 Å². The van der Waals surface area contributed by atoms with Gasteiger partial charge in [0.05, 0.1) is 32.5 Å². The molecule has 0 aromatic carbocycles. The summed E-state index contributed by atoms with van der Waals surface area (Å²) in [5.74, 6) is -4.20. The topological polar surface area (TPSA) is 611 Å². The fourth-order valence-corrected chi connectivity index (χ4v) is 9.29. The number of hydrogen-bond donors (Lipinski definition) is 21. The highest BCUT2D eigenvalue weighted by Gasteiger charge is 2.58. The van der Waals surface area contributed by atoms with Gasteiger partial charge in [-0.2, -0.15) is 39.4 Å². The van der Waals surface area contributed by atoms with Crippen LogP contribution in [0, 0.1) is 0 Å². The van der Waals surface area contributed by atoms with Gasteiger partial charge in [0.2, 0.25) is 0 Å². The Kier molecular flexibility index (Phi) is 21.0. The largest absolute Gasteiger partial charge is 0.479 e. The van der Waals surface area contributed by atoms with E-state index in [2.05, 4.69) is 0 Å². The van der Waals surface area contributed by atoms with Gasteiger partial charge >= 0.3 is 42.9 Å². The molecule has 0 spiro atoms. The van der Waals surface area contributed by atoms with Gasteiger partial charge in [0.25, 0.3) is 0 Å². The molecule has 4 aliphatic rings. The van der Waals surface area contributed by atoms with Crippen LogP contribution in [0.25, 0.3) is 0 Å². The summed E-state index contributed by atoms with van der Waals surface area (Å²) in [4.78, 5) is 24.9. The van der Waals surface area contributed by atoms with E-state index in [4.69, 9.17) is 42.4 Å². The molecule has 4 aliphatic heterocycles. The Morgan fingerprint density at radius 1 is 0.514 bits per heavy atom. The van der Waals surface area contributed by atoms with E-state index >= 15 is 0 Å². The molecular formula is C30H53N3O34S3. The molecule has 70 heavy (non-hydrogen) atoms. The van der Waals surface area contributed by atoms with E-state index in [9.17, 15) is 121 Å². The molecule has 21 N–H and O–H groups in total. The lowest BCUT2D eigenvalue weighted by molar-refractivity contribution is -0.373. The van der Waals surface area contributed by atoms with Crippen LogP contribution in [-0.2, 0) is 78.4 Å². The third-order valence-electron chi connectivity index (χ3n) is 10.9. The van der Waals surface area contributed by atoms with Crippen molar-refractivity contribution in [2.24, 2.45) is 0 Å². The molecule has 4 heterocycles. The third-order valence-corrected chi connectivity index (χ3v) is 12.6. The number of hydrogen-bond acceptors (Lipinski definition) is 29. The second-order valence-corrected chi connectivity index (χ2v) is 19.2. The molecule has 4 fully saturated rings. The summed E-state index contributed by atoms with van der Waals surface area (Å²) in [6, 6.07) is -6.88. The molecule has 0 bridgehead atoms. The average molecular weight is 1100 g/mol. The summed E-state index contributed by atoms with van der Waals surface area (Å²) < 4.78 is 145. The van der Waals surface area contributed by atoms with Gasteiger partial charge in [-0.25, -0.2) is 9.59 Å². The van der Waals surface area contributed by atoms with E-state index in [-0.39, 0.29) is 0 Å². The molecule has 0 saturated carbocycles. The summed E-state index contributed by atoms with van der Waals surface area (Å²) >= 11 is 0. The molecule has 0 radical (unpaired) electrons. The Labute approximate surface area is 392 Å². The van der Waals surface area contributed by atoms with E-state index in [1.165, 1.54) is 14.2 Å². The molecular weight excluding hydrogens is 1040 g/mol. The zero-order valence-corrected chi connectivity index (χ0v) is 37.4. The standard InChI is InChI=1S/C30H53N3O34S3/c34-1-5(31-68(51,52)53)11(39)19(6(38)2-35)62-29-17(45)15(43)22(23(66-29)25(47)48)65-28-10(33-70(57,58)59)14(42)20(8(4-37)61-28)63-30-18(46)16(44)21(24(67-30)26(49)50)64-27-9(32-69(54,55)56)13(41)12(40)7(3-36)60-27/h5-24,27-46H,1-4H2,(H,47,48)(H,49,50)(H,51,52,53)(H,54,55,56)(H,57,58,59)/t5-,6+,7+,8+,9+,10+,11+,12+,13+,14+,15+,16+,17+,18+,19+,20+,21-,22-,23+,24+,27+,28+,29+,30+/m0/s1. The number of carbonyl (C=O) groups is 2. The monoisotopic (exact) mass is 1100 g/mol. The lowest BCUT2D eigenvalue weighted by atomic mass is 9.94. The smallest absolute Gasteiger partial charge is 0.335 e. The van der Waals surface area contributed by atoms with Crippen LogP contribution in [0.2, 0.25) is 0 Å². The molecule has 40 heteroatoms. The maximum atomic E-state index is 12.5. The normalized spacial score (nSPS) is 40.7. The van der Waals surface area contributed by atoms with Gasteiger partial charge in [0.1, 0.15) is 104 Å². The Morgan fingerprint density at radius 3 is 1.36 bits per heavy atom. The van der Waals surface area contributed by atoms with Gasteiger partial charge in [-0.15, -0.1) is 0 Å². The van der Waals surface area contributed by atoms with Crippen LogP contribution in [0.15, 0.2) is 0 Å². The lowest BCUT2D eigenvalue weighted by Crippen LogP contribution is -2.70. The molecule has 0 aromatic rings. The maximum absolute atomic E-state index is 12.5. The Bertz CT molecular complexity index is 2080. The van der Waals surface area contributed by atoms with Gasteiger partial charge in [-0.1, -0.05) is 0 Å². The summed E-state index contributed by atoms with van der Waals surface area (Å²) in [5, 5.41) is 157. The minimum Gasteiger partial charge on any atom is -0.479 e. The maximum Gasteiger partial charge on any atom is 0.335 e.